The highest BCUT2D eigenvalue weighted by molar-refractivity contribution is 7.19. The van der Waals surface area contributed by atoms with Crippen LogP contribution in [0.5, 0.6) is 5.75 Å². The average Bonchev–Trinajstić information content (AvgIpc) is 3.24. The second-order valence-corrected chi connectivity index (χ2v) is 10.3. The smallest absolute Gasteiger partial charge is 0.331 e. The van der Waals surface area contributed by atoms with Crippen molar-refractivity contribution >= 4 is 33.2 Å². The van der Waals surface area contributed by atoms with Gasteiger partial charge in [0.15, 0.2) is 0 Å². The molecule has 5 rings (SSSR count). The summed E-state index contributed by atoms with van der Waals surface area (Å²) in [5.74, 6) is 0.805. The zero-order chi connectivity index (χ0) is 23.8. The van der Waals surface area contributed by atoms with Crippen LogP contribution in [0.15, 0.2) is 46.4 Å². The van der Waals surface area contributed by atoms with Crippen molar-refractivity contribution in [2.45, 2.75) is 51.7 Å². The predicted molar refractivity (Wildman–Crippen MR) is 135 cm³/mol. The third-order valence-corrected chi connectivity index (χ3v) is 7.58. The van der Waals surface area contributed by atoms with Crippen molar-refractivity contribution in [2.75, 3.05) is 0 Å². The lowest BCUT2D eigenvalue weighted by atomic mass is 9.97. The van der Waals surface area contributed by atoms with Crippen LogP contribution in [0.4, 0.5) is 0 Å². The summed E-state index contributed by atoms with van der Waals surface area (Å²) in [6.45, 7) is 2.18. The number of thiophene rings is 1. The molecule has 0 unspecified atom stereocenters. The number of aromatic nitrogens is 4. The van der Waals surface area contributed by atoms with Gasteiger partial charge in [-0.2, -0.15) is 0 Å². The van der Waals surface area contributed by atoms with Gasteiger partial charge in [-0.3, -0.25) is 9.36 Å². The quantitative estimate of drug-likeness (QED) is 0.391. The predicted octanol–water partition coefficient (Wildman–Crippen LogP) is 4.94. The van der Waals surface area contributed by atoms with Gasteiger partial charge in [0.1, 0.15) is 12.1 Å². The van der Waals surface area contributed by atoms with Gasteiger partial charge in [0.05, 0.1) is 28.6 Å². The maximum Gasteiger partial charge on any atom is 0.331 e. The van der Waals surface area contributed by atoms with Gasteiger partial charge in [0.2, 0.25) is 0 Å². The van der Waals surface area contributed by atoms with Gasteiger partial charge in [0, 0.05) is 34.8 Å². The molecular weight excluding hydrogens is 472 g/mol. The van der Waals surface area contributed by atoms with E-state index in [1.807, 2.05) is 25.1 Å². The van der Waals surface area contributed by atoms with Crippen LogP contribution < -0.4 is 16.0 Å². The summed E-state index contributed by atoms with van der Waals surface area (Å²) < 4.78 is 10.0. The van der Waals surface area contributed by atoms with Gasteiger partial charge < -0.3 is 9.30 Å². The zero-order valence-electron chi connectivity index (χ0n) is 19.1. The number of halogens is 1. The van der Waals surface area contributed by atoms with E-state index in [4.69, 9.17) is 16.3 Å². The molecule has 3 aromatic heterocycles. The number of hydrogen-bond acceptors (Lipinski definition) is 6. The number of benzene rings is 1. The first-order valence-corrected chi connectivity index (χ1v) is 12.6. The molecule has 9 heteroatoms. The number of nitrogens with zero attached hydrogens (tertiary/aromatic N) is 4. The molecule has 0 radical (unpaired) electrons. The van der Waals surface area contributed by atoms with Crippen LogP contribution in [0.2, 0.25) is 5.02 Å². The first kappa shape index (κ1) is 22.8. The molecule has 176 valence electrons. The standard InChI is InChI=1S/C25H25ClN4O3S/c1-15-10-16(26)11-19(23(15)33-17-6-4-3-5-7-17)22-24-20(27-14-28-22)12-18(34-24)13-30-21(31)8-9-29(2)25(30)32/h8-12,14,17H,3-7,13H2,1-2H3. The lowest BCUT2D eigenvalue weighted by molar-refractivity contribution is 0.154. The summed E-state index contributed by atoms with van der Waals surface area (Å²) in [5.41, 5.74) is 2.61. The second kappa shape index (κ2) is 9.35. The van der Waals surface area contributed by atoms with Crippen molar-refractivity contribution in [1.82, 2.24) is 19.1 Å². The Bertz CT molecular complexity index is 1480. The van der Waals surface area contributed by atoms with E-state index < -0.39 is 0 Å². The minimum absolute atomic E-state index is 0.173. The van der Waals surface area contributed by atoms with Gasteiger partial charge in [-0.25, -0.2) is 14.8 Å². The minimum atomic E-state index is -0.357. The molecule has 0 aliphatic heterocycles. The molecule has 4 aromatic rings. The Hall–Kier alpha value is -2.97. The van der Waals surface area contributed by atoms with E-state index >= 15 is 0 Å². The van der Waals surface area contributed by atoms with E-state index in [0.717, 1.165) is 50.5 Å². The average molecular weight is 497 g/mol. The van der Waals surface area contributed by atoms with Crippen molar-refractivity contribution in [3.05, 3.63) is 73.1 Å². The van der Waals surface area contributed by atoms with Gasteiger partial charge in [-0.1, -0.05) is 18.0 Å². The Morgan fingerprint density at radius 2 is 1.94 bits per heavy atom. The molecule has 1 saturated carbocycles. The van der Waals surface area contributed by atoms with Crippen molar-refractivity contribution in [3.8, 4) is 17.0 Å². The maximum absolute atomic E-state index is 12.5. The molecule has 1 aromatic carbocycles. The molecule has 1 fully saturated rings. The third-order valence-electron chi connectivity index (χ3n) is 6.25. The molecule has 3 heterocycles. The van der Waals surface area contributed by atoms with Crippen LogP contribution in [-0.2, 0) is 13.6 Å². The molecule has 0 amide bonds. The molecule has 0 atom stereocenters. The third kappa shape index (κ3) is 4.40. The van der Waals surface area contributed by atoms with Crippen LogP contribution in [0.25, 0.3) is 21.5 Å². The number of fused-ring (bicyclic) bond motifs is 1. The van der Waals surface area contributed by atoms with Gasteiger partial charge in [-0.05, 0) is 56.4 Å². The fourth-order valence-electron chi connectivity index (χ4n) is 4.50. The maximum atomic E-state index is 12.5. The first-order chi connectivity index (χ1) is 16.4. The highest BCUT2D eigenvalue weighted by atomic mass is 35.5. The Balaban J connectivity index is 1.59. The number of rotatable bonds is 5. The van der Waals surface area contributed by atoms with E-state index in [1.54, 1.807) is 7.05 Å². The topological polar surface area (TPSA) is 79.0 Å². The highest BCUT2D eigenvalue weighted by Gasteiger charge is 2.22. The number of aryl methyl sites for hydroxylation is 2. The number of ether oxygens (including phenoxy) is 1. The van der Waals surface area contributed by atoms with Crippen molar-refractivity contribution < 1.29 is 4.74 Å². The molecule has 1 aliphatic rings. The van der Waals surface area contributed by atoms with E-state index in [0.29, 0.717) is 5.02 Å². The zero-order valence-corrected chi connectivity index (χ0v) is 20.7. The van der Waals surface area contributed by atoms with Crippen LogP contribution >= 0.6 is 22.9 Å². The molecule has 0 N–H and O–H groups in total. The lowest BCUT2D eigenvalue weighted by Gasteiger charge is -2.25. The monoisotopic (exact) mass is 496 g/mol. The molecule has 0 bridgehead atoms. The van der Waals surface area contributed by atoms with Crippen LogP contribution in [0, 0.1) is 6.92 Å². The summed E-state index contributed by atoms with van der Waals surface area (Å²) >= 11 is 7.93. The van der Waals surface area contributed by atoms with E-state index in [2.05, 4.69) is 9.97 Å². The lowest BCUT2D eigenvalue weighted by Crippen LogP contribution is -2.37. The summed E-state index contributed by atoms with van der Waals surface area (Å²) in [4.78, 5) is 34.7. The fourth-order valence-corrected chi connectivity index (χ4v) is 5.88. The second-order valence-electron chi connectivity index (χ2n) is 8.76. The molecule has 7 nitrogen and oxygen atoms in total. The molecule has 0 saturated heterocycles. The Morgan fingerprint density at radius 1 is 1.15 bits per heavy atom. The summed E-state index contributed by atoms with van der Waals surface area (Å²) in [7, 11) is 1.63. The molecule has 0 spiro atoms. The minimum Gasteiger partial charge on any atom is -0.489 e. The normalized spacial score (nSPS) is 14.6. The van der Waals surface area contributed by atoms with Gasteiger partial charge >= 0.3 is 5.69 Å². The van der Waals surface area contributed by atoms with E-state index in [9.17, 15) is 9.59 Å². The van der Waals surface area contributed by atoms with Gasteiger partial charge in [-0.15, -0.1) is 11.3 Å². The van der Waals surface area contributed by atoms with Gasteiger partial charge in [0.25, 0.3) is 5.56 Å². The van der Waals surface area contributed by atoms with Crippen LogP contribution in [-0.4, -0.2) is 25.2 Å². The van der Waals surface area contributed by atoms with Crippen molar-refractivity contribution in [1.29, 1.82) is 0 Å². The first-order valence-electron chi connectivity index (χ1n) is 11.4. The fraction of sp³-hybridized carbons (Fsp3) is 0.360. The molecular formula is C25H25ClN4O3S. The van der Waals surface area contributed by atoms with E-state index in [1.165, 1.54) is 58.3 Å². The molecule has 34 heavy (non-hydrogen) atoms. The van der Waals surface area contributed by atoms with Crippen LogP contribution in [0.1, 0.15) is 42.5 Å². The summed E-state index contributed by atoms with van der Waals surface area (Å²) in [5, 5.41) is 0.617. The van der Waals surface area contributed by atoms with Crippen molar-refractivity contribution in [3.63, 3.8) is 0 Å². The Labute approximate surface area is 205 Å². The summed E-state index contributed by atoms with van der Waals surface area (Å²) in [6, 6.07) is 7.11. The number of hydrogen-bond donors (Lipinski definition) is 0. The molecule has 1 aliphatic carbocycles. The van der Waals surface area contributed by atoms with Crippen LogP contribution in [0.3, 0.4) is 0 Å². The highest BCUT2D eigenvalue weighted by Crippen LogP contribution is 2.41. The largest absolute Gasteiger partial charge is 0.489 e. The van der Waals surface area contributed by atoms with Crippen molar-refractivity contribution in [2.24, 2.45) is 7.05 Å². The Morgan fingerprint density at radius 3 is 2.74 bits per heavy atom. The van der Waals surface area contributed by atoms with E-state index in [-0.39, 0.29) is 23.9 Å². The SMILES string of the molecule is Cc1cc(Cl)cc(-c2ncnc3cc(Cn4c(=O)ccn(C)c4=O)sc23)c1OC1CCCCC1. The Kier molecular flexibility index (Phi) is 6.27. The summed E-state index contributed by atoms with van der Waals surface area (Å²) in [6.07, 6.45) is 8.89.